The van der Waals surface area contributed by atoms with Crippen LogP contribution in [0.25, 0.3) is 0 Å². The third-order valence-corrected chi connectivity index (χ3v) is 0. The van der Waals surface area contributed by atoms with E-state index in [1.807, 2.05) is 0 Å². The first-order chi connectivity index (χ1) is 1.00. The average molecular weight is 774 g/mol. The van der Waals surface area contributed by atoms with Crippen molar-refractivity contribution in [1.29, 1.82) is 0 Å². The van der Waals surface area contributed by atoms with Crippen molar-refractivity contribution in [3.63, 3.8) is 0 Å². The van der Waals surface area contributed by atoms with Crippen molar-refractivity contribution in [2.24, 2.45) is 0 Å². The molecule has 0 aromatic heterocycles. The molecular formula is H4AgBaCaCuHgOTl. The zero-order valence-electron chi connectivity index (χ0n) is 2.30. The van der Waals surface area contributed by atoms with E-state index in [1.165, 1.54) is 0 Å². The second-order valence-corrected chi connectivity index (χ2v) is 0. The van der Waals surface area contributed by atoms with Crippen LogP contribution in [0.15, 0.2) is 0 Å². The third kappa shape index (κ3) is 33.8. The van der Waals surface area contributed by atoms with E-state index in [2.05, 4.69) is 15.9 Å². The van der Waals surface area contributed by atoms with Crippen LogP contribution in [-0.4, -0.2) is 114 Å². The summed E-state index contributed by atoms with van der Waals surface area (Å²) in [5.74, 6) is 0. The van der Waals surface area contributed by atoms with E-state index in [0.717, 1.165) is 0 Å². The van der Waals surface area contributed by atoms with Gasteiger partial charge in [0.2, 0.25) is 0 Å². The Bertz CT molecular complexity index is 19.7. The van der Waals surface area contributed by atoms with Crippen LogP contribution in [0.2, 0.25) is 0 Å². The summed E-state index contributed by atoms with van der Waals surface area (Å²) in [6.07, 6.45) is 0. The first-order valence-electron chi connectivity index (χ1n) is 0.123. The topological polar surface area (TPSA) is 17.1 Å². The van der Waals surface area contributed by atoms with Gasteiger partial charge in [0.1, 0.15) is 0 Å². The van der Waals surface area contributed by atoms with Crippen LogP contribution >= 0.6 is 0 Å². The molecule has 0 aliphatic carbocycles. The van der Waals surface area contributed by atoms with Crippen molar-refractivity contribution in [3.05, 3.63) is 0 Å². The normalized spacial score (nSPS) is 0.857. The Labute approximate surface area is 178 Å². The first kappa shape index (κ1) is 38.6. The summed E-state index contributed by atoms with van der Waals surface area (Å²) in [6, 6.07) is 0. The van der Waals surface area contributed by atoms with Gasteiger partial charge in [0.15, 0.2) is 0 Å². The second kappa shape index (κ2) is 41.1. The maximum absolute atomic E-state index is 7.81. The summed E-state index contributed by atoms with van der Waals surface area (Å²) >= 11 is 2.94. The fraction of sp³-hybridized carbons (Fsp3) is 0. The predicted octanol–water partition coefficient (Wildman–Crippen LogP) is -2.34. The van der Waals surface area contributed by atoms with Gasteiger partial charge in [-0.15, -0.1) is 0 Å². The molecule has 0 amide bonds. The SMILES string of the molecule is [Ag].[BaH2].[CaH2].[Hg].[O]=[Cu].[Tl]. The molecule has 0 unspecified atom stereocenters. The Morgan fingerprint density at radius 3 is 1.14 bits per heavy atom. The first-order valence-corrected chi connectivity index (χ1v) is 0.508. The quantitative estimate of drug-likeness (QED) is 0.253. The number of hydrogen-bond donors (Lipinski definition) is 0. The fourth-order valence-electron chi connectivity index (χ4n) is 0. The van der Waals surface area contributed by atoms with Crippen molar-refractivity contribution < 1.29 is 69.8 Å². The summed E-state index contributed by atoms with van der Waals surface area (Å²) in [5, 5.41) is 0. The Hall–Kier alpha value is 5.75. The molecule has 0 atom stereocenters. The van der Waals surface area contributed by atoms with Crippen molar-refractivity contribution >= 4 is 114 Å². The molecule has 0 aliphatic rings. The minimum absolute atomic E-state index is 0. The number of hydrogen-bond acceptors (Lipinski definition) is 1. The zero-order chi connectivity index (χ0) is 2.00. The minimum atomic E-state index is 0. The minimum Gasteiger partial charge on any atom is 0 e. The Balaban J connectivity index is -0.000000000500. The van der Waals surface area contributed by atoms with Gasteiger partial charge in [-0.2, -0.15) is 0 Å². The summed E-state index contributed by atoms with van der Waals surface area (Å²) in [5.41, 5.74) is 0. The maximum Gasteiger partial charge on any atom is 0 e. The van der Waals surface area contributed by atoms with Gasteiger partial charge >= 0.3 is 106 Å². The van der Waals surface area contributed by atoms with Crippen molar-refractivity contribution in [2.75, 3.05) is 0 Å². The van der Waals surface area contributed by atoms with Gasteiger partial charge in [0.25, 0.3) is 0 Å². The molecule has 0 N–H and O–H groups in total. The molecule has 0 aromatic rings. The smallest absolute Gasteiger partial charge is 0 e. The van der Waals surface area contributed by atoms with E-state index in [9.17, 15) is 0 Å². The van der Waals surface area contributed by atoms with Gasteiger partial charge < -0.3 is 0 Å². The molecule has 0 saturated heterocycles. The maximum atomic E-state index is 7.81. The summed E-state index contributed by atoms with van der Waals surface area (Å²) < 4.78 is 7.81. The molecule has 0 aliphatic heterocycles. The molecule has 0 aromatic carbocycles. The molecule has 0 spiro atoms. The van der Waals surface area contributed by atoms with Crippen molar-refractivity contribution in [1.82, 2.24) is 0 Å². The van der Waals surface area contributed by atoms with Crippen molar-refractivity contribution in [2.45, 2.75) is 0 Å². The average Bonchev–Trinajstić information content (AvgIpc) is 1.00. The van der Waals surface area contributed by atoms with Crippen LogP contribution in [-0.2, 0) is 69.8 Å². The molecule has 0 bridgehead atoms. The van der Waals surface area contributed by atoms with Crippen LogP contribution in [0, 0.1) is 0 Å². The molecule has 0 rings (SSSR count). The molecular weight excluding hydrogens is 770 g/mol. The van der Waals surface area contributed by atoms with Gasteiger partial charge in [-0.1, -0.05) is 0 Å². The molecule has 7 heavy (non-hydrogen) atoms. The van der Waals surface area contributed by atoms with Crippen LogP contribution in [0.1, 0.15) is 0 Å². The van der Waals surface area contributed by atoms with Gasteiger partial charge in [0.05, 0.1) is 0 Å². The van der Waals surface area contributed by atoms with Crippen LogP contribution in [0.5, 0.6) is 0 Å². The van der Waals surface area contributed by atoms with E-state index in [4.69, 9.17) is 3.83 Å². The van der Waals surface area contributed by atoms with Gasteiger partial charge in [0, 0.05) is 77.3 Å². The molecule has 2 radical (unpaired) electrons. The van der Waals surface area contributed by atoms with Gasteiger partial charge in [-0.25, -0.2) is 0 Å². The standard InChI is InChI=1S/Ag.Ba.Ca.Cu.Hg.O.Tl.4H. The molecule has 0 fully saturated rings. The van der Waals surface area contributed by atoms with E-state index >= 15 is 0 Å². The molecule has 0 saturated carbocycles. The monoisotopic (exact) mass is 775 g/mol. The summed E-state index contributed by atoms with van der Waals surface area (Å²) in [4.78, 5) is 0. The molecule has 0 heterocycles. The molecule has 1 nitrogen and oxygen atoms in total. The Kier molecular flexibility index (Phi) is 227. The van der Waals surface area contributed by atoms with Crippen LogP contribution in [0.3, 0.4) is 0 Å². The Morgan fingerprint density at radius 1 is 1.14 bits per heavy atom. The fourth-order valence-corrected chi connectivity index (χ4v) is 0. The predicted molar refractivity (Wildman–Crippen MR) is 23.5 cm³/mol. The Morgan fingerprint density at radius 2 is 1.14 bits per heavy atom. The van der Waals surface area contributed by atoms with E-state index in [-0.39, 0.29) is 164 Å². The molecule has 7 heteroatoms. The molecule has 41 valence electrons. The van der Waals surface area contributed by atoms with Gasteiger partial charge in [-0.3, -0.25) is 0 Å². The largest absolute Gasteiger partial charge is 0 e. The number of rotatable bonds is 0. The van der Waals surface area contributed by atoms with Gasteiger partial charge in [-0.05, 0) is 0 Å². The summed E-state index contributed by atoms with van der Waals surface area (Å²) in [7, 11) is 0. The van der Waals surface area contributed by atoms with Crippen molar-refractivity contribution in [3.8, 4) is 0 Å². The second-order valence-electron chi connectivity index (χ2n) is 0. The summed E-state index contributed by atoms with van der Waals surface area (Å²) in [6.45, 7) is 0. The van der Waals surface area contributed by atoms with E-state index in [1.54, 1.807) is 0 Å². The van der Waals surface area contributed by atoms with E-state index < -0.39 is 0 Å². The van der Waals surface area contributed by atoms with Crippen LogP contribution in [0.4, 0.5) is 0 Å². The zero-order valence-corrected chi connectivity index (χ0v) is 14.7. The van der Waals surface area contributed by atoms with E-state index in [0.29, 0.717) is 0 Å². The third-order valence-electron chi connectivity index (χ3n) is 0. The van der Waals surface area contributed by atoms with Crippen LogP contribution < -0.4 is 0 Å².